The van der Waals surface area contributed by atoms with Crippen molar-refractivity contribution in [2.45, 2.75) is 20.4 Å². The molecule has 2 heterocycles. The minimum atomic E-state index is 0.0190. The van der Waals surface area contributed by atoms with Crippen LogP contribution in [-0.4, -0.2) is 25.3 Å². The first-order valence-electron chi connectivity index (χ1n) is 9.53. The highest BCUT2D eigenvalue weighted by Crippen LogP contribution is 2.31. The van der Waals surface area contributed by atoms with Crippen LogP contribution in [-0.2, 0) is 13.6 Å². The Kier molecular flexibility index (Phi) is 5.40. The zero-order valence-corrected chi connectivity index (χ0v) is 17.5. The van der Waals surface area contributed by atoms with Gasteiger partial charge in [-0.25, -0.2) is 4.68 Å². The first kappa shape index (κ1) is 19.3. The fourth-order valence-corrected chi connectivity index (χ4v) is 3.83. The van der Waals surface area contributed by atoms with Gasteiger partial charge in [0.05, 0.1) is 17.7 Å². The highest BCUT2D eigenvalue weighted by atomic mass is 32.2. The largest absolute Gasteiger partial charge is 0.328 e. The molecule has 0 saturated carbocycles. The van der Waals surface area contributed by atoms with E-state index in [0.717, 1.165) is 39.2 Å². The molecule has 0 aliphatic carbocycles. The Balaban J connectivity index is 1.86. The Morgan fingerprint density at radius 2 is 1.90 bits per heavy atom. The van der Waals surface area contributed by atoms with Crippen LogP contribution in [0.15, 0.2) is 59.5 Å². The van der Waals surface area contributed by atoms with Crippen LogP contribution < -0.4 is 10.3 Å². The number of rotatable bonds is 6. The number of aromatic nitrogens is 4. The molecule has 0 saturated heterocycles. The molecule has 4 aromatic rings. The van der Waals surface area contributed by atoms with Crippen LogP contribution in [0.5, 0.6) is 0 Å². The fraction of sp³-hybridized carbons (Fsp3) is 0.227. The number of aryl methyl sites for hydroxylation is 2. The van der Waals surface area contributed by atoms with Gasteiger partial charge in [-0.1, -0.05) is 54.4 Å². The number of nitrogens with zero attached hydrogens (tertiary/aromatic N) is 4. The van der Waals surface area contributed by atoms with Crippen molar-refractivity contribution in [1.29, 1.82) is 0 Å². The van der Waals surface area contributed by atoms with E-state index in [1.807, 2.05) is 42.1 Å². The summed E-state index contributed by atoms with van der Waals surface area (Å²) in [6.45, 7) is 4.59. The van der Waals surface area contributed by atoms with Crippen LogP contribution in [0.2, 0.25) is 0 Å². The van der Waals surface area contributed by atoms with Gasteiger partial charge in [-0.05, 0) is 41.8 Å². The van der Waals surface area contributed by atoms with Crippen molar-refractivity contribution < 1.29 is 0 Å². The Labute approximate surface area is 173 Å². The molecular weight excluding hydrogens is 382 g/mol. The minimum Gasteiger partial charge on any atom is -0.328 e. The minimum absolute atomic E-state index is 0.0190. The molecule has 0 amide bonds. The summed E-state index contributed by atoms with van der Waals surface area (Å²) >= 11 is 1.62. The van der Waals surface area contributed by atoms with Gasteiger partial charge in [0.15, 0.2) is 0 Å². The highest BCUT2D eigenvalue weighted by Gasteiger charge is 2.14. The van der Waals surface area contributed by atoms with Crippen molar-refractivity contribution >= 4 is 28.7 Å². The van der Waals surface area contributed by atoms with E-state index >= 15 is 0 Å². The lowest BCUT2D eigenvalue weighted by molar-refractivity contribution is 0.670. The summed E-state index contributed by atoms with van der Waals surface area (Å²) in [4.78, 5) is 12.1. The average molecular weight is 406 g/mol. The maximum atomic E-state index is 12.1. The summed E-state index contributed by atoms with van der Waals surface area (Å²) in [5.74, 6) is 0.933. The van der Waals surface area contributed by atoms with Crippen LogP contribution in [0.1, 0.15) is 18.1 Å². The standard InChI is InChI=1S/C22H23N5OS/c1-4-29-24-19-11-17(18-10-15(2)22(28)26(3)14-18)12-20-21(19)23-25-27(20)13-16-8-6-5-7-9-16/h5-12,14,24H,4,13H2,1-3H3. The monoisotopic (exact) mass is 405 g/mol. The molecule has 7 heteroatoms. The summed E-state index contributed by atoms with van der Waals surface area (Å²) in [7, 11) is 1.78. The van der Waals surface area contributed by atoms with Crippen LogP contribution in [0.3, 0.4) is 0 Å². The normalized spacial score (nSPS) is 11.1. The van der Waals surface area contributed by atoms with E-state index in [0.29, 0.717) is 6.54 Å². The Hall–Kier alpha value is -3.06. The molecule has 0 atom stereocenters. The SMILES string of the molecule is CCSNc1cc(-c2cc(C)c(=O)n(C)c2)cc2c1nnn2Cc1ccccc1. The molecule has 0 aliphatic heterocycles. The molecule has 0 bridgehead atoms. The van der Waals surface area contributed by atoms with Crippen LogP contribution >= 0.6 is 11.9 Å². The molecule has 0 radical (unpaired) electrons. The zero-order chi connectivity index (χ0) is 20.4. The van der Waals surface area contributed by atoms with Crippen molar-refractivity contribution in [3.05, 3.63) is 76.2 Å². The first-order chi connectivity index (χ1) is 14.1. The van der Waals surface area contributed by atoms with Crippen molar-refractivity contribution in [2.75, 3.05) is 10.5 Å². The smallest absolute Gasteiger partial charge is 0.253 e. The van der Waals surface area contributed by atoms with Gasteiger partial charge in [0.2, 0.25) is 0 Å². The number of hydrogen-bond acceptors (Lipinski definition) is 5. The molecule has 4 rings (SSSR count). The lowest BCUT2D eigenvalue weighted by atomic mass is 10.0. The lowest BCUT2D eigenvalue weighted by Gasteiger charge is -2.11. The van der Waals surface area contributed by atoms with E-state index in [2.05, 4.69) is 46.2 Å². The summed E-state index contributed by atoms with van der Waals surface area (Å²) in [6, 6.07) is 16.3. The first-order valence-corrected chi connectivity index (χ1v) is 10.5. The third-order valence-electron chi connectivity index (χ3n) is 4.82. The average Bonchev–Trinajstić information content (AvgIpc) is 3.13. The Morgan fingerprint density at radius 3 is 2.62 bits per heavy atom. The topological polar surface area (TPSA) is 64.7 Å². The second-order valence-electron chi connectivity index (χ2n) is 6.99. The van der Waals surface area contributed by atoms with Crippen LogP contribution in [0, 0.1) is 6.92 Å². The molecule has 0 unspecified atom stereocenters. The maximum absolute atomic E-state index is 12.1. The predicted molar refractivity (Wildman–Crippen MR) is 120 cm³/mol. The maximum Gasteiger partial charge on any atom is 0.253 e. The fourth-order valence-electron chi connectivity index (χ4n) is 3.37. The summed E-state index contributed by atoms with van der Waals surface area (Å²) < 4.78 is 6.95. The van der Waals surface area contributed by atoms with Gasteiger partial charge in [-0.3, -0.25) is 4.79 Å². The molecule has 148 valence electrons. The van der Waals surface area contributed by atoms with Gasteiger partial charge in [-0.2, -0.15) is 0 Å². The molecule has 0 aliphatic rings. The second kappa shape index (κ2) is 8.13. The lowest BCUT2D eigenvalue weighted by Crippen LogP contribution is -2.18. The predicted octanol–water partition coefficient (Wildman–Crippen LogP) is 4.23. The third kappa shape index (κ3) is 3.91. The summed E-state index contributed by atoms with van der Waals surface area (Å²) in [6.07, 6.45) is 1.87. The van der Waals surface area contributed by atoms with E-state index < -0.39 is 0 Å². The number of pyridine rings is 1. The van der Waals surface area contributed by atoms with Crippen molar-refractivity contribution in [2.24, 2.45) is 7.05 Å². The van der Waals surface area contributed by atoms with E-state index in [9.17, 15) is 4.79 Å². The molecule has 1 N–H and O–H groups in total. The molecule has 6 nitrogen and oxygen atoms in total. The number of nitrogens with one attached hydrogen (secondary N) is 1. The van der Waals surface area contributed by atoms with Crippen molar-refractivity contribution in [3.63, 3.8) is 0 Å². The number of benzene rings is 2. The van der Waals surface area contributed by atoms with Gasteiger partial charge >= 0.3 is 0 Å². The van der Waals surface area contributed by atoms with Crippen molar-refractivity contribution in [1.82, 2.24) is 19.6 Å². The summed E-state index contributed by atoms with van der Waals surface area (Å²) in [5, 5.41) is 8.84. The third-order valence-corrected chi connectivity index (χ3v) is 5.47. The molecule has 0 fully saturated rings. The molecule has 2 aromatic carbocycles. The van der Waals surface area contributed by atoms with E-state index in [4.69, 9.17) is 0 Å². The quantitative estimate of drug-likeness (QED) is 0.486. The number of anilines is 1. The molecule has 29 heavy (non-hydrogen) atoms. The van der Waals surface area contributed by atoms with Gasteiger partial charge in [0, 0.05) is 24.6 Å². The molecular formula is C22H23N5OS. The van der Waals surface area contributed by atoms with Gasteiger partial charge in [0.1, 0.15) is 5.52 Å². The molecule has 2 aromatic heterocycles. The summed E-state index contributed by atoms with van der Waals surface area (Å²) in [5.41, 5.74) is 6.64. The Bertz CT molecular complexity index is 1190. The van der Waals surface area contributed by atoms with E-state index in [-0.39, 0.29) is 5.56 Å². The zero-order valence-electron chi connectivity index (χ0n) is 16.7. The van der Waals surface area contributed by atoms with Crippen LogP contribution in [0.25, 0.3) is 22.2 Å². The molecule has 0 spiro atoms. The second-order valence-corrected chi connectivity index (χ2v) is 8.06. The van der Waals surface area contributed by atoms with Gasteiger partial charge in [0.25, 0.3) is 5.56 Å². The van der Waals surface area contributed by atoms with E-state index in [1.165, 1.54) is 5.56 Å². The highest BCUT2D eigenvalue weighted by molar-refractivity contribution is 8.00. The van der Waals surface area contributed by atoms with Crippen molar-refractivity contribution in [3.8, 4) is 11.1 Å². The van der Waals surface area contributed by atoms with Gasteiger partial charge in [-0.15, -0.1) is 5.10 Å². The number of fused-ring (bicyclic) bond motifs is 1. The Morgan fingerprint density at radius 1 is 1.10 bits per heavy atom. The van der Waals surface area contributed by atoms with Crippen LogP contribution in [0.4, 0.5) is 5.69 Å². The van der Waals surface area contributed by atoms with Gasteiger partial charge < -0.3 is 9.29 Å². The number of hydrogen-bond donors (Lipinski definition) is 1. The van der Waals surface area contributed by atoms with E-state index in [1.54, 1.807) is 23.6 Å².